The Bertz CT molecular complexity index is 2160. The number of hydrogen-bond acceptors (Lipinski definition) is 6. The number of nitrogens with zero attached hydrogens (tertiary/aromatic N) is 4. The van der Waals surface area contributed by atoms with Crippen LogP contribution in [0.4, 0.5) is 11.4 Å². The predicted octanol–water partition coefficient (Wildman–Crippen LogP) is 10.6. The number of carbonyl (C=O) groups is 2. The third-order valence-corrected chi connectivity index (χ3v) is 11.3. The minimum Gasteiger partial charge on any atom is -0.462 e. The number of fused-ring (bicyclic) bond motifs is 2. The largest absolute Gasteiger partial charge is 0.462 e. The number of ether oxygens (including phenoxy) is 1. The van der Waals surface area contributed by atoms with Crippen molar-refractivity contribution in [3.8, 4) is 22.5 Å². The van der Waals surface area contributed by atoms with E-state index < -0.39 is 0 Å². The molecule has 3 aromatic carbocycles. The van der Waals surface area contributed by atoms with Crippen LogP contribution in [0.5, 0.6) is 0 Å². The van der Waals surface area contributed by atoms with Gasteiger partial charge in [0.25, 0.3) is 5.91 Å². The van der Waals surface area contributed by atoms with E-state index in [1.807, 2.05) is 61.5 Å². The van der Waals surface area contributed by atoms with Crippen LogP contribution in [0.1, 0.15) is 103 Å². The minimum absolute atomic E-state index is 0.0879. The maximum atomic E-state index is 13.7. The van der Waals surface area contributed by atoms with E-state index >= 15 is 0 Å². The highest BCUT2D eigenvalue weighted by Crippen LogP contribution is 2.42. The van der Waals surface area contributed by atoms with Gasteiger partial charge in [0.05, 0.1) is 29.8 Å². The summed E-state index contributed by atoms with van der Waals surface area (Å²) in [7, 11) is 0. The molecule has 294 valence electrons. The lowest BCUT2D eigenvalue weighted by Crippen LogP contribution is -2.29. The Morgan fingerprint density at radius 1 is 0.786 bits per heavy atom. The smallest absolute Gasteiger partial charge is 0.338 e. The van der Waals surface area contributed by atoms with Crippen molar-refractivity contribution in [2.45, 2.75) is 92.4 Å². The standard InChI is InChI=1S/C48H59N4O4/c1-6-50(7-2)37-28-30-42-44(33-37)56-45-34-38(51(8-3)9-4)29-31-43(45)46(42)40-26-20-21-27-41(40)48(54)55-32-22-15-13-11-10-12-14-19-25-39-35(5)49-52(47(39)53)36-23-17-16-18-24-36/h16-18,20-21,23-24,26-31,33-34,39H,6-15,19,22,25,32H2,1-5H3/q+1. The minimum atomic E-state index is -0.296. The molecule has 0 bridgehead atoms. The zero-order chi connectivity index (χ0) is 39.4. The number of rotatable bonds is 19. The molecule has 0 N–H and O–H groups in total. The van der Waals surface area contributed by atoms with Crippen LogP contribution < -0.4 is 19.8 Å². The van der Waals surface area contributed by atoms with E-state index in [4.69, 9.17) is 9.15 Å². The molecular weight excluding hydrogens is 697 g/mol. The number of hydrogen-bond donors (Lipinski definition) is 0. The van der Waals surface area contributed by atoms with E-state index in [1.165, 1.54) is 6.42 Å². The Hall–Kier alpha value is -5.24. The summed E-state index contributed by atoms with van der Waals surface area (Å²) in [6.45, 7) is 14.6. The fraction of sp³-hybridized carbons (Fsp3) is 0.417. The van der Waals surface area contributed by atoms with Gasteiger partial charge in [-0.2, -0.15) is 5.10 Å². The molecule has 1 amide bonds. The third kappa shape index (κ3) is 9.23. The summed E-state index contributed by atoms with van der Waals surface area (Å²) in [5, 5.41) is 8.18. The van der Waals surface area contributed by atoms with Crippen molar-refractivity contribution in [1.82, 2.24) is 4.58 Å². The fourth-order valence-corrected chi connectivity index (χ4v) is 8.05. The summed E-state index contributed by atoms with van der Waals surface area (Å²) < 4.78 is 14.9. The monoisotopic (exact) mass is 755 g/mol. The molecule has 8 nitrogen and oxygen atoms in total. The Kier molecular flexibility index (Phi) is 14.1. The van der Waals surface area contributed by atoms with Gasteiger partial charge in [-0.1, -0.05) is 81.3 Å². The highest BCUT2D eigenvalue weighted by atomic mass is 16.5. The van der Waals surface area contributed by atoms with Crippen molar-refractivity contribution >= 4 is 39.9 Å². The number of esters is 1. The van der Waals surface area contributed by atoms with Gasteiger partial charge in [0, 0.05) is 53.1 Å². The second-order valence-corrected chi connectivity index (χ2v) is 14.8. The maximum absolute atomic E-state index is 13.7. The summed E-state index contributed by atoms with van der Waals surface area (Å²) in [6, 6.07) is 30.3. The molecule has 8 heteroatoms. The van der Waals surface area contributed by atoms with Crippen molar-refractivity contribution in [3.63, 3.8) is 0 Å². The molecule has 0 saturated carbocycles. The van der Waals surface area contributed by atoms with E-state index in [0.29, 0.717) is 12.2 Å². The Labute approximate surface area is 332 Å². The molecule has 3 aliphatic rings. The fourth-order valence-electron chi connectivity index (χ4n) is 8.05. The summed E-state index contributed by atoms with van der Waals surface area (Å²) in [5.74, 6) is 0.476. The highest BCUT2D eigenvalue weighted by Gasteiger charge is 2.33. The molecule has 1 unspecified atom stereocenters. The van der Waals surface area contributed by atoms with Crippen molar-refractivity contribution in [2.75, 3.05) is 42.7 Å². The number of carbonyl (C=O) groups excluding carboxylic acids is 2. The van der Waals surface area contributed by atoms with E-state index in [1.54, 1.807) is 5.01 Å². The average molecular weight is 756 g/mol. The number of para-hydroxylation sites is 1. The molecular formula is C48H59N4O4+. The van der Waals surface area contributed by atoms with Crippen LogP contribution in [0.15, 0.2) is 101 Å². The molecule has 2 aliphatic heterocycles. The van der Waals surface area contributed by atoms with Gasteiger partial charge in [0.1, 0.15) is 24.4 Å². The summed E-state index contributed by atoms with van der Waals surface area (Å²) in [6.07, 6.45) is 9.47. The lowest BCUT2D eigenvalue weighted by molar-refractivity contribution is -0.119. The quantitative estimate of drug-likeness (QED) is 0.0363. The van der Waals surface area contributed by atoms with Gasteiger partial charge < -0.3 is 14.1 Å². The zero-order valence-corrected chi connectivity index (χ0v) is 34.1. The SMILES string of the molecule is CCN(CC)c1ccc2c(-c3ccccc3C(=O)OCCCCCCCCCCC3C(=O)N(c4ccccc4)N=C3C)c3ccc(=[N+](CC)CC)cc-3oc2c1. The van der Waals surface area contributed by atoms with Gasteiger partial charge in [-0.05, 0) is 89.4 Å². The van der Waals surface area contributed by atoms with E-state index in [2.05, 4.69) is 78.7 Å². The van der Waals surface area contributed by atoms with Crippen molar-refractivity contribution < 1.29 is 18.7 Å². The number of hydrazone groups is 1. The first-order valence-corrected chi connectivity index (χ1v) is 20.9. The molecule has 56 heavy (non-hydrogen) atoms. The zero-order valence-electron chi connectivity index (χ0n) is 34.1. The van der Waals surface area contributed by atoms with E-state index in [0.717, 1.165) is 133 Å². The normalized spacial score (nSPS) is 14.1. The molecule has 1 aliphatic carbocycles. The van der Waals surface area contributed by atoms with E-state index in [9.17, 15) is 9.59 Å². The van der Waals surface area contributed by atoms with Crippen LogP contribution in [0.3, 0.4) is 0 Å². The van der Waals surface area contributed by atoms with Gasteiger partial charge in [-0.3, -0.25) is 4.79 Å². The molecule has 0 fully saturated rings. The lowest BCUT2D eigenvalue weighted by atomic mass is 9.90. The molecule has 6 rings (SSSR count). The Balaban J connectivity index is 1.03. The van der Waals surface area contributed by atoms with Crippen molar-refractivity contribution in [1.29, 1.82) is 0 Å². The molecule has 2 heterocycles. The summed E-state index contributed by atoms with van der Waals surface area (Å²) in [4.78, 5) is 29.0. The average Bonchev–Trinajstić information content (AvgIpc) is 3.51. The van der Waals surface area contributed by atoms with Crippen molar-refractivity contribution in [2.24, 2.45) is 11.0 Å². The first kappa shape index (κ1) is 40.4. The lowest BCUT2D eigenvalue weighted by Gasteiger charge is -2.22. The molecule has 0 aromatic heterocycles. The second kappa shape index (κ2) is 19.6. The second-order valence-electron chi connectivity index (χ2n) is 14.8. The van der Waals surface area contributed by atoms with Crippen LogP contribution in [0.2, 0.25) is 0 Å². The van der Waals surface area contributed by atoms with Crippen LogP contribution in [-0.2, 0) is 9.53 Å². The van der Waals surface area contributed by atoms with Crippen LogP contribution in [0.25, 0.3) is 33.4 Å². The van der Waals surface area contributed by atoms with Crippen LogP contribution in [-0.4, -0.2) is 50.4 Å². The number of amides is 1. The Morgan fingerprint density at radius 2 is 1.46 bits per heavy atom. The summed E-state index contributed by atoms with van der Waals surface area (Å²) >= 11 is 0. The van der Waals surface area contributed by atoms with Gasteiger partial charge in [-0.15, -0.1) is 0 Å². The van der Waals surface area contributed by atoms with E-state index in [-0.39, 0.29) is 17.8 Å². The van der Waals surface area contributed by atoms with Crippen LogP contribution >= 0.6 is 0 Å². The van der Waals surface area contributed by atoms with Crippen LogP contribution in [0, 0.1) is 5.92 Å². The highest BCUT2D eigenvalue weighted by molar-refractivity contribution is 6.14. The molecule has 3 aromatic rings. The Morgan fingerprint density at radius 3 is 2.18 bits per heavy atom. The molecule has 0 saturated heterocycles. The first-order valence-electron chi connectivity index (χ1n) is 20.9. The third-order valence-electron chi connectivity index (χ3n) is 11.3. The topological polar surface area (TPSA) is 78.4 Å². The van der Waals surface area contributed by atoms with Gasteiger partial charge in [-0.25, -0.2) is 14.4 Å². The maximum Gasteiger partial charge on any atom is 0.338 e. The summed E-state index contributed by atoms with van der Waals surface area (Å²) in [5.41, 5.74) is 7.02. The number of anilines is 2. The van der Waals surface area contributed by atoms with Gasteiger partial charge in [0.15, 0.2) is 0 Å². The number of benzene rings is 4. The first-order chi connectivity index (χ1) is 27.4. The van der Waals surface area contributed by atoms with Gasteiger partial charge in [0.2, 0.25) is 5.36 Å². The predicted molar refractivity (Wildman–Crippen MR) is 231 cm³/mol. The molecule has 1 atom stereocenters. The number of unbranched alkanes of at least 4 members (excludes halogenated alkanes) is 7. The van der Waals surface area contributed by atoms with Gasteiger partial charge >= 0.3 is 5.97 Å². The van der Waals surface area contributed by atoms with Crippen molar-refractivity contribution in [3.05, 3.63) is 102 Å². The molecule has 0 radical (unpaired) electrons. The molecule has 0 spiro atoms.